The third-order valence-electron chi connectivity index (χ3n) is 1.77. The molecule has 0 saturated carbocycles. The summed E-state index contributed by atoms with van der Waals surface area (Å²) in [5.41, 5.74) is 0.922. The first-order valence-corrected chi connectivity index (χ1v) is 3.83. The van der Waals surface area contributed by atoms with Gasteiger partial charge in [0, 0.05) is 10.9 Å². The van der Waals surface area contributed by atoms with Crippen molar-refractivity contribution in [3.63, 3.8) is 0 Å². The zero-order chi connectivity index (χ0) is 9.26. The molecule has 0 spiro atoms. The fraction of sp³-hybridized carbons (Fsp3) is 0. The Morgan fingerprint density at radius 3 is 2.85 bits per heavy atom. The van der Waals surface area contributed by atoms with E-state index >= 15 is 0 Å². The van der Waals surface area contributed by atoms with Crippen molar-refractivity contribution in [3.05, 3.63) is 30.3 Å². The Balaban J connectivity index is 2.44. The molecule has 0 saturated heterocycles. The molecule has 1 aromatic heterocycles. The highest BCUT2D eigenvalue weighted by Crippen LogP contribution is 2.17. The number of aromatic amines is 1. The van der Waals surface area contributed by atoms with E-state index in [9.17, 15) is 4.79 Å². The highest BCUT2D eigenvalue weighted by Gasteiger charge is 2.01. The summed E-state index contributed by atoms with van der Waals surface area (Å²) in [6.07, 6.45) is -1.06. The summed E-state index contributed by atoms with van der Waals surface area (Å²) < 4.78 is 0. The van der Waals surface area contributed by atoms with Gasteiger partial charge in [0.05, 0.1) is 0 Å². The Morgan fingerprint density at radius 1 is 1.38 bits per heavy atom. The van der Waals surface area contributed by atoms with Crippen molar-refractivity contribution < 1.29 is 9.90 Å². The second-order valence-electron chi connectivity index (χ2n) is 2.70. The molecule has 0 radical (unpaired) electrons. The third-order valence-corrected chi connectivity index (χ3v) is 1.77. The van der Waals surface area contributed by atoms with E-state index in [1.165, 1.54) is 0 Å². The van der Waals surface area contributed by atoms with Gasteiger partial charge in [-0.1, -0.05) is 18.2 Å². The molecule has 2 rings (SSSR count). The van der Waals surface area contributed by atoms with Crippen LogP contribution >= 0.6 is 0 Å². The minimum absolute atomic E-state index is 0.494. The lowest BCUT2D eigenvalue weighted by Crippen LogP contribution is -2.06. The van der Waals surface area contributed by atoms with Gasteiger partial charge >= 0.3 is 6.09 Å². The number of hydrogen-bond donors (Lipinski definition) is 3. The maximum Gasteiger partial charge on any atom is 0.410 e. The molecule has 0 bridgehead atoms. The molecule has 0 fully saturated rings. The van der Waals surface area contributed by atoms with Gasteiger partial charge in [-0.3, -0.25) is 5.32 Å². The van der Waals surface area contributed by atoms with Gasteiger partial charge < -0.3 is 10.1 Å². The average Bonchev–Trinajstić information content (AvgIpc) is 2.44. The van der Waals surface area contributed by atoms with E-state index in [0.717, 1.165) is 10.9 Å². The van der Waals surface area contributed by atoms with E-state index in [0.29, 0.717) is 5.82 Å². The minimum atomic E-state index is -1.06. The van der Waals surface area contributed by atoms with Crippen molar-refractivity contribution in [2.45, 2.75) is 0 Å². The van der Waals surface area contributed by atoms with Gasteiger partial charge in [0.1, 0.15) is 5.82 Å². The van der Waals surface area contributed by atoms with Crippen molar-refractivity contribution in [2.75, 3.05) is 5.32 Å². The molecular formula is C9H8N2O2. The van der Waals surface area contributed by atoms with Crippen LogP contribution in [-0.4, -0.2) is 16.2 Å². The number of para-hydroxylation sites is 1. The number of amides is 1. The van der Waals surface area contributed by atoms with E-state index in [-0.39, 0.29) is 0 Å². The summed E-state index contributed by atoms with van der Waals surface area (Å²) in [6, 6.07) is 9.36. The molecule has 0 aliphatic carbocycles. The van der Waals surface area contributed by atoms with E-state index in [1.54, 1.807) is 6.07 Å². The lowest BCUT2D eigenvalue weighted by molar-refractivity contribution is 0.209. The Labute approximate surface area is 74.2 Å². The van der Waals surface area contributed by atoms with E-state index < -0.39 is 6.09 Å². The molecule has 0 unspecified atom stereocenters. The molecule has 4 heteroatoms. The Kier molecular flexibility index (Phi) is 1.66. The molecule has 0 atom stereocenters. The Hall–Kier alpha value is -1.97. The van der Waals surface area contributed by atoms with Crippen LogP contribution in [0.1, 0.15) is 0 Å². The normalized spacial score (nSPS) is 10.2. The van der Waals surface area contributed by atoms with Gasteiger partial charge in [0.25, 0.3) is 0 Å². The second kappa shape index (κ2) is 2.82. The zero-order valence-electron chi connectivity index (χ0n) is 6.74. The maximum absolute atomic E-state index is 10.3. The van der Waals surface area contributed by atoms with Crippen LogP contribution in [0.5, 0.6) is 0 Å². The number of rotatable bonds is 1. The Morgan fingerprint density at radius 2 is 2.15 bits per heavy atom. The lowest BCUT2D eigenvalue weighted by Gasteiger charge is -1.92. The summed E-state index contributed by atoms with van der Waals surface area (Å²) in [4.78, 5) is 13.2. The maximum atomic E-state index is 10.3. The number of carboxylic acid groups (broad SMARTS) is 1. The van der Waals surface area contributed by atoms with Crippen LogP contribution in [0.25, 0.3) is 10.9 Å². The van der Waals surface area contributed by atoms with Crippen molar-refractivity contribution in [1.29, 1.82) is 0 Å². The van der Waals surface area contributed by atoms with Crippen molar-refractivity contribution in [3.8, 4) is 0 Å². The van der Waals surface area contributed by atoms with Crippen LogP contribution in [0.3, 0.4) is 0 Å². The van der Waals surface area contributed by atoms with Gasteiger partial charge in [0.2, 0.25) is 0 Å². The fourth-order valence-electron chi connectivity index (χ4n) is 1.26. The SMILES string of the molecule is O=C(O)Nc1cc2ccccc2[nH]1. The summed E-state index contributed by atoms with van der Waals surface area (Å²) >= 11 is 0. The van der Waals surface area contributed by atoms with Crippen LogP contribution in [-0.2, 0) is 0 Å². The summed E-state index contributed by atoms with van der Waals surface area (Å²) in [5.74, 6) is 0.494. The molecule has 0 aliphatic heterocycles. The van der Waals surface area contributed by atoms with Gasteiger partial charge in [-0.25, -0.2) is 4.79 Å². The number of anilines is 1. The number of carbonyl (C=O) groups is 1. The first kappa shape index (κ1) is 7.67. The van der Waals surface area contributed by atoms with Crippen LogP contribution in [0.4, 0.5) is 10.6 Å². The molecular weight excluding hydrogens is 168 g/mol. The predicted octanol–water partition coefficient (Wildman–Crippen LogP) is 2.26. The number of fused-ring (bicyclic) bond motifs is 1. The lowest BCUT2D eigenvalue weighted by atomic mass is 10.2. The van der Waals surface area contributed by atoms with Crippen LogP contribution < -0.4 is 5.32 Å². The van der Waals surface area contributed by atoms with Crippen LogP contribution in [0, 0.1) is 0 Å². The van der Waals surface area contributed by atoms with Crippen molar-refractivity contribution in [1.82, 2.24) is 4.98 Å². The monoisotopic (exact) mass is 176 g/mol. The number of nitrogens with one attached hydrogen (secondary N) is 2. The summed E-state index contributed by atoms with van der Waals surface area (Å²) in [5, 5.41) is 11.7. The van der Waals surface area contributed by atoms with Crippen LogP contribution in [0.2, 0.25) is 0 Å². The zero-order valence-corrected chi connectivity index (χ0v) is 6.74. The molecule has 3 N–H and O–H groups in total. The number of H-pyrrole nitrogens is 1. The molecule has 0 aliphatic rings. The fourth-order valence-corrected chi connectivity index (χ4v) is 1.26. The largest absolute Gasteiger partial charge is 0.465 e. The number of hydrogen-bond acceptors (Lipinski definition) is 1. The third kappa shape index (κ3) is 1.46. The second-order valence-corrected chi connectivity index (χ2v) is 2.70. The quantitative estimate of drug-likeness (QED) is 0.623. The topological polar surface area (TPSA) is 65.1 Å². The van der Waals surface area contributed by atoms with E-state index in [2.05, 4.69) is 10.3 Å². The number of benzene rings is 1. The Bertz CT molecular complexity index is 415. The predicted molar refractivity (Wildman–Crippen MR) is 49.9 cm³/mol. The molecule has 1 amide bonds. The van der Waals surface area contributed by atoms with Crippen molar-refractivity contribution >= 4 is 22.8 Å². The first-order valence-electron chi connectivity index (χ1n) is 3.83. The van der Waals surface area contributed by atoms with Crippen LogP contribution in [0.15, 0.2) is 30.3 Å². The highest BCUT2D eigenvalue weighted by atomic mass is 16.4. The van der Waals surface area contributed by atoms with Gasteiger partial charge in [0.15, 0.2) is 0 Å². The first-order chi connectivity index (χ1) is 6.25. The smallest absolute Gasteiger partial charge is 0.410 e. The molecule has 1 heterocycles. The molecule has 1 aromatic carbocycles. The van der Waals surface area contributed by atoms with E-state index in [4.69, 9.17) is 5.11 Å². The van der Waals surface area contributed by atoms with Gasteiger partial charge in [-0.15, -0.1) is 0 Å². The average molecular weight is 176 g/mol. The highest BCUT2D eigenvalue weighted by molar-refractivity contribution is 5.89. The van der Waals surface area contributed by atoms with Gasteiger partial charge in [-0.05, 0) is 12.1 Å². The summed E-state index contributed by atoms with van der Waals surface area (Å²) in [7, 11) is 0. The van der Waals surface area contributed by atoms with E-state index in [1.807, 2.05) is 24.3 Å². The molecule has 66 valence electrons. The standard InChI is InChI=1S/C9H8N2O2/c12-9(13)11-8-5-6-3-1-2-4-7(6)10-8/h1-5,10-11H,(H,12,13). The minimum Gasteiger partial charge on any atom is -0.465 e. The molecule has 2 aromatic rings. The summed E-state index contributed by atoms with van der Waals surface area (Å²) in [6.45, 7) is 0. The number of aromatic nitrogens is 1. The van der Waals surface area contributed by atoms with Gasteiger partial charge in [-0.2, -0.15) is 0 Å². The van der Waals surface area contributed by atoms with Crippen molar-refractivity contribution in [2.24, 2.45) is 0 Å². The molecule has 4 nitrogen and oxygen atoms in total. The molecule has 13 heavy (non-hydrogen) atoms.